The average Bonchev–Trinajstić information content (AvgIpc) is 3.60. The summed E-state index contributed by atoms with van der Waals surface area (Å²) in [6.07, 6.45) is 2.94. The zero-order valence-corrected chi connectivity index (χ0v) is 15.9. The molecule has 1 saturated heterocycles. The number of aromatic nitrogens is 2. The Kier molecular flexibility index (Phi) is 4.43. The molecule has 0 bridgehead atoms. The molecule has 1 aromatic heterocycles. The largest absolute Gasteiger partial charge is 0.352 e. The summed E-state index contributed by atoms with van der Waals surface area (Å²) < 4.78 is 0. The number of nitrogens with zero attached hydrogens (tertiary/aromatic N) is 4. The quantitative estimate of drug-likeness (QED) is 0.704. The van der Waals surface area contributed by atoms with E-state index in [2.05, 4.69) is 51.5 Å². The Hall–Kier alpha value is -2.95. The molecule has 2 aromatic carbocycles. The van der Waals surface area contributed by atoms with E-state index in [9.17, 15) is 4.79 Å². The Morgan fingerprint density at radius 2 is 1.68 bits per heavy atom. The molecule has 5 rings (SSSR count). The number of amides is 1. The molecule has 0 radical (unpaired) electrons. The van der Waals surface area contributed by atoms with Gasteiger partial charge in [0.2, 0.25) is 5.91 Å². The van der Waals surface area contributed by atoms with E-state index in [1.54, 1.807) is 0 Å². The highest BCUT2D eigenvalue weighted by Gasteiger charge is 2.26. The van der Waals surface area contributed by atoms with Crippen molar-refractivity contribution in [3.63, 3.8) is 0 Å². The normalized spacial score (nSPS) is 17.1. The Morgan fingerprint density at radius 1 is 0.893 bits per heavy atom. The van der Waals surface area contributed by atoms with Crippen LogP contribution in [0.5, 0.6) is 0 Å². The average molecular weight is 372 g/mol. The monoisotopic (exact) mass is 372 g/mol. The summed E-state index contributed by atoms with van der Waals surface area (Å²) >= 11 is 0. The fourth-order valence-corrected chi connectivity index (χ4v) is 4.01. The van der Waals surface area contributed by atoms with Crippen LogP contribution in [0.4, 0.5) is 5.82 Å². The highest BCUT2D eigenvalue weighted by Crippen LogP contribution is 2.38. The molecule has 1 saturated carbocycles. The number of piperazine rings is 1. The molecule has 2 heterocycles. The highest BCUT2D eigenvalue weighted by atomic mass is 16.2. The smallest absolute Gasteiger partial charge is 0.227 e. The van der Waals surface area contributed by atoms with Crippen molar-refractivity contribution in [3.8, 4) is 0 Å². The van der Waals surface area contributed by atoms with Gasteiger partial charge in [-0.25, -0.2) is 0 Å². The second kappa shape index (κ2) is 7.23. The van der Waals surface area contributed by atoms with Gasteiger partial charge in [0.1, 0.15) is 0 Å². The van der Waals surface area contributed by atoms with Crippen molar-refractivity contribution >= 4 is 22.5 Å². The van der Waals surface area contributed by atoms with Crippen molar-refractivity contribution in [2.45, 2.75) is 25.2 Å². The Morgan fingerprint density at radius 3 is 2.43 bits per heavy atom. The van der Waals surface area contributed by atoms with Crippen molar-refractivity contribution in [3.05, 3.63) is 65.9 Å². The van der Waals surface area contributed by atoms with Crippen LogP contribution in [0.1, 0.15) is 30.0 Å². The number of benzene rings is 2. The van der Waals surface area contributed by atoms with Gasteiger partial charge < -0.3 is 9.80 Å². The molecule has 3 aromatic rings. The third kappa shape index (κ3) is 3.44. The summed E-state index contributed by atoms with van der Waals surface area (Å²) in [7, 11) is 0. The van der Waals surface area contributed by atoms with Crippen LogP contribution < -0.4 is 4.90 Å². The van der Waals surface area contributed by atoms with Crippen LogP contribution >= 0.6 is 0 Å². The maximum absolute atomic E-state index is 12.9. The highest BCUT2D eigenvalue weighted by molar-refractivity contribution is 5.90. The lowest BCUT2D eigenvalue weighted by Gasteiger charge is -2.35. The van der Waals surface area contributed by atoms with Crippen LogP contribution in [-0.4, -0.2) is 47.2 Å². The van der Waals surface area contributed by atoms with Gasteiger partial charge >= 0.3 is 0 Å². The third-order valence-corrected chi connectivity index (χ3v) is 5.84. The maximum atomic E-state index is 12.9. The number of carbonyl (C=O) groups excluding carboxylic acids is 1. The lowest BCUT2D eigenvalue weighted by atomic mass is 10.0. The van der Waals surface area contributed by atoms with Crippen LogP contribution in [0, 0.1) is 0 Å². The van der Waals surface area contributed by atoms with E-state index in [4.69, 9.17) is 0 Å². The molecule has 5 heteroatoms. The van der Waals surface area contributed by atoms with Gasteiger partial charge in [-0.15, -0.1) is 5.10 Å². The molecular weight excluding hydrogens is 348 g/mol. The first-order valence-electron chi connectivity index (χ1n) is 10.1. The summed E-state index contributed by atoms with van der Waals surface area (Å²) in [6, 6.07) is 18.6. The molecule has 1 amide bonds. The predicted octanol–water partition coefficient (Wildman–Crippen LogP) is 3.40. The number of hydrogen-bond donors (Lipinski definition) is 0. The van der Waals surface area contributed by atoms with E-state index < -0.39 is 0 Å². The van der Waals surface area contributed by atoms with E-state index >= 15 is 0 Å². The molecule has 142 valence electrons. The minimum atomic E-state index is 0.200. The molecule has 0 atom stereocenters. The van der Waals surface area contributed by atoms with Crippen molar-refractivity contribution in [1.82, 2.24) is 15.1 Å². The van der Waals surface area contributed by atoms with Gasteiger partial charge in [-0.05, 0) is 41.3 Å². The minimum Gasteiger partial charge on any atom is -0.352 e. The molecular formula is C23H24N4O. The summed E-state index contributed by atoms with van der Waals surface area (Å²) in [4.78, 5) is 17.1. The molecule has 0 N–H and O–H groups in total. The molecule has 2 aliphatic rings. The van der Waals surface area contributed by atoms with Gasteiger partial charge in [0.25, 0.3) is 0 Å². The van der Waals surface area contributed by atoms with E-state index in [1.165, 1.54) is 23.6 Å². The molecule has 2 fully saturated rings. The molecule has 0 spiro atoms. The molecule has 5 nitrogen and oxygen atoms in total. The lowest BCUT2D eigenvalue weighted by molar-refractivity contribution is -0.130. The summed E-state index contributed by atoms with van der Waals surface area (Å²) in [6.45, 7) is 3.07. The zero-order chi connectivity index (χ0) is 18.9. The van der Waals surface area contributed by atoms with Crippen LogP contribution in [-0.2, 0) is 11.2 Å². The number of carbonyl (C=O) groups is 1. The zero-order valence-electron chi connectivity index (χ0n) is 15.9. The van der Waals surface area contributed by atoms with Crippen molar-refractivity contribution in [1.29, 1.82) is 0 Å². The number of rotatable bonds is 4. The maximum Gasteiger partial charge on any atom is 0.227 e. The number of fused-ring (bicyclic) bond motifs is 1. The third-order valence-electron chi connectivity index (χ3n) is 5.84. The molecule has 1 aliphatic carbocycles. The van der Waals surface area contributed by atoms with E-state index in [0.717, 1.165) is 43.3 Å². The number of anilines is 1. The molecule has 28 heavy (non-hydrogen) atoms. The van der Waals surface area contributed by atoms with E-state index in [-0.39, 0.29) is 5.91 Å². The first-order valence-corrected chi connectivity index (χ1v) is 10.1. The number of hydrogen-bond acceptors (Lipinski definition) is 4. The van der Waals surface area contributed by atoms with Gasteiger partial charge in [-0.2, -0.15) is 5.10 Å². The molecule has 0 unspecified atom stereocenters. The van der Waals surface area contributed by atoms with Crippen molar-refractivity contribution < 1.29 is 4.79 Å². The van der Waals surface area contributed by atoms with Gasteiger partial charge in [-0.3, -0.25) is 4.79 Å². The lowest BCUT2D eigenvalue weighted by Crippen LogP contribution is -2.49. The van der Waals surface area contributed by atoms with Gasteiger partial charge in [-0.1, -0.05) is 42.5 Å². The second-order valence-electron chi connectivity index (χ2n) is 7.77. The van der Waals surface area contributed by atoms with Crippen molar-refractivity contribution in [2.75, 3.05) is 31.1 Å². The van der Waals surface area contributed by atoms with E-state index in [1.807, 2.05) is 23.1 Å². The van der Waals surface area contributed by atoms with Gasteiger partial charge in [0.05, 0.1) is 12.1 Å². The standard InChI is InChI=1S/C23H24N4O/c28-23(16-19-6-3-5-17-4-1-2-7-20(17)19)27-14-12-26(13-15-27)22-11-10-21(24-25-22)18-8-9-18/h1-7,10-11,18H,8-9,12-16H2. The Balaban J connectivity index is 1.22. The second-order valence-corrected chi connectivity index (χ2v) is 7.77. The minimum absolute atomic E-state index is 0.200. The fourth-order valence-electron chi connectivity index (χ4n) is 4.01. The Bertz CT molecular complexity index is 984. The van der Waals surface area contributed by atoms with Crippen LogP contribution in [0.25, 0.3) is 10.8 Å². The SMILES string of the molecule is O=C(Cc1cccc2ccccc12)N1CCN(c2ccc(C3CC3)nn2)CC1. The van der Waals surface area contributed by atoms with Gasteiger partial charge in [0, 0.05) is 32.1 Å². The Labute approximate surface area is 165 Å². The van der Waals surface area contributed by atoms with Crippen LogP contribution in [0.2, 0.25) is 0 Å². The van der Waals surface area contributed by atoms with Crippen LogP contribution in [0.15, 0.2) is 54.6 Å². The first-order chi connectivity index (χ1) is 13.8. The summed E-state index contributed by atoms with van der Waals surface area (Å²) in [5.74, 6) is 1.75. The molecule has 1 aliphatic heterocycles. The fraction of sp³-hybridized carbons (Fsp3) is 0.348. The first kappa shape index (κ1) is 17.2. The summed E-state index contributed by atoms with van der Waals surface area (Å²) in [5, 5.41) is 11.1. The predicted molar refractivity (Wildman–Crippen MR) is 110 cm³/mol. The van der Waals surface area contributed by atoms with Crippen molar-refractivity contribution in [2.24, 2.45) is 0 Å². The topological polar surface area (TPSA) is 49.3 Å². The van der Waals surface area contributed by atoms with Gasteiger partial charge in [0.15, 0.2) is 5.82 Å². The van der Waals surface area contributed by atoms with Crippen LogP contribution in [0.3, 0.4) is 0 Å². The van der Waals surface area contributed by atoms with E-state index in [0.29, 0.717) is 12.3 Å². The summed E-state index contributed by atoms with van der Waals surface area (Å²) in [5.41, 5.74) is 2.22.